The lowest BCUT2D eigenvalue weighted by molar-refractivity contribution is -0.0729. The van der Waals surface area contributed by atoms with Gasteiger partial charge in [0.1, 0.15) is 0 Å². The van der Waals surface area contributed by atoms with Gasteiger partial charge in [-0.15, -0.1) is 0 Å². The molecule has 0 aliphatic heterocycles. The minimum Gasteiger partial charge on any atom is -0.392 e. The van der Waals surface area contributed by atoms with Crippen LogP contribution in [0, 0.1) is 11.3 Å². The van der Waals surface area contributed by atoms with E-state index in [-0.39, 0.29) is 11.5 Å². The second-order valence-electron chi connectivity index (χ2n) is 4.93. The number of aliphatic hydroxyl groups excluding tert-OH is 1. The summed E-state index contributed by atoms with van der Waals surface area (Å²) >= 11 is 0. The summed E-state index contributed by atoms with van der Waals surface area (Å²) in [6, 6.07) is 0.509. The average molecular weight is 171 g/mol. The maximum absolute atomic E-state index is 9.47. The van der Waals surface area contributed by atoms with E-state index >= 15 is 0 Å². The van der Waals surface area contributed by atoms with Crippen molar-refractivity contribution < 1.29 is 5.11 Å². The number of rotatable bonds is 3. The second-order valence-corrected chi connectivity index (χ2v) is 4.93. The molecule has 2 atom stereocenters. The molecule has 1 rings (SSSR count). The summed E-state index contributed by atoms with van der Waals surface area (Å²) in [7, 11) is 0. The maximum atomic E-state index is 9.47. The van der Waals surface area contributed by atoms with Crippen LogP contribution in [-0.2, 0) is 0 Å². The zero-order valence-electron chi connectivity index (χ0n) is 8.59. The van der Waals surface area contributed by atoms with E-state index in [0.717, 1.165) is 13.0 Å². The van der Waals surface area contributed by atoms with Crippen LogP contribution < -0.4 is 5.32 Å². The minimum atomic E-state index is -0.109. The normalized spacial score (nSPS) is 33.5. The summed E-state index contributed by atoms with van der Waals surface area (Å²) in [6.07, 6.45) is 0.807. The highest BCUT2D eigenvalue weighted by Gasteiger charge is 2.46. The Labute approximate surface area is 75.4 Å². The molecule has 0 radical (unpaired) electrons. The highest BCUT2D eigenvalue weighted by molar-refractivity contribution is 5.01. The molecule has 0 spiro atoms. The van der Waals surface area contributed by atoms with Crippen LogP contribution in [0.2, 0.25) is 0 Å². The van der Waals surface area contributed by atoms with E-state index in [4.69, 9.17) is 0 Å². The molecule has 1 aliphatic rings. The van der Waals surface area contributed by atoms with E-state index in [1.54, 1.807) is 0 Å². The molecule has 1 aliphatic carbocycles. The second kappa shape index (κ2) is 3.35. The first-order chi connectivity index (χ1) is 5.44. The molecule has 2 heteroatoms. The van der Waals surface area contributed by atoms with Crippen LogP contribution in [0.3, 0.4) is 0 Å². The quantitative estimate of drug-likeness (QED) is 0.672. The van der Waals surface area contributed by atoms with Crippen molar-refractivity contribution >= 4 is 0 Å². The van der Waals surface area contributed by atoms with Crippen molar-refractivity contribution in [3.8, 4) is 0 Å². The van der Waals surface area contributed by atoms with Gasteiger partial charge in [-0.05, 0) is 18.9 Å². The predicted octanol–water partition coefficient (Wildman–Crippen LogP) is 1.39. The van der Waals surface area contributed by atoms with E-state index in [1.165, 1.54) is 0 Å². The Morgan fingerprint density at radius 1 is 1.50 bits per heavy atom. The molecule has 1 fully saturated rings. The molecule has 0 amide bonds. The largest absolute Gasteiger partial charge is 0.392 e. The zero-order valence-corrected chi connectivity index (χ0v) is 8.59. The van der Waals surface area contributed by atoms with Crippen molar-refractivity contribution in [1.29, 1.82) is 0 Å². The van der Waals surface area contributed by atoms with Gasteiger partial charge in [0.05, 0.1) is 6.10 Å². The molecular weight excluding hydrogens is 150 g/mol. The first-order valence-electron chi connectivity index (χ1n) is 4.86. The Balaban J connectivity index is 2.28. The van der Waals surface area contributed by atoms with E-state index in [0.29, 0.717) is 12.0 Å². The third-order valence-electron chi connectivity index (χ3n) is 2.99. The van der Waals surface area contributed by atoms with Crippen molar-refractivity contribution in [1.82, 2.24) is 5.32 Å². The molecule has 0 aromatic heterocycles. The number of aliphatic hydroxyl groups is 1. The van der Waals surface area contributed by atoms with Gasteiger partial charge in [-0.3, -0.25) is 0 Å². The summed E-state index contributed by atoms with van der Waals surface area (Å²) in [5, 5.41) is 13.0. The molecule has 2 N–H and O–H groups in total. The highest BCUT2D eigenvalue weighted by Crippen LogP contribution is 2.40. The lowest BCUT2D eigenvalue weighted by Gasteiger charge is -2.50. The molecule has 72 valence electrons. The van der Waals surface area contributed by atoms with E-state index in [9.17, 15) is 5.11 Å². The fourth-order valence-electron chi connectivity index (χ4n) is 1.63. The summed E-state index contributed by atoms with van der Waals surface area (Å²) in [5.41, 5.74) is 0.0783. The van der Waals surface area contributed by atoms with Crippen LogP contribution in [0.4, 0.5) is 0 Å². The van der Waals surface area contributed by atoms with Crippen LogP contribution in [0.5, 0.6) is 0 Å². The standard InChI is InChI=1S/C10H21NO/c1-7(2)6-11-8-5-9(12)10(8,3)4/h7-9,11-12H,5-6H2,1-4H3. The van der Waals surface area contributed by atoms with Crippen LogP contribution in [0.25, 0.3) is 0 Å². The molecule has 1 saturated carbocycles. The topological polar surface area (TPSA) is 32.3 Å². The summed E-state index contributed by atoms with van der Waals surface area (Å²) < 4.78 is 0. The van der Waals surface area contributed by atoms with Gasteiger partial charge in [0, 0.05) is 11.5 Å². The van der Waals surface area contributed by atoms with Crippen molar-refractivity contribution in [2.24, 2.45) is 11.3 Å². The van der Waals surface area contributed by atoms with Crippen LogP contribution in [-0.4, -0.2) is 23.8 Å². The fourth-order valence-corrected chi connectivity index (χ4v) is 1.63. The lowest BCUT2D eigenvalue weighted by atomic mass is 9.64. The lowest BCUT2D eigenvalue weighted by Crippen LogP contribution is -2.60. The van der Waals surface area contributed by atoms with Gasteiger partial charge in [-0.2, -0.15) is 0 Å². The smallest absolute Gasteiger partial charge is 0.0621 e. The average Bonchev–Trinajstić information content (AvgIpc) is 1.97. The molecule has 2 nitrogen and oxygen atoms in total. The molecule has 0 bridgehead atoms. The Hall–Kier alpha value is -0.0800. The number of hydrogen-bond acceptors (Lipinski definition) is 2. The fraction of sp³-hybridized carbons (Fsp3) is 1.00. The first kappa shape index (κ1) is 10.0. The van der Waals surface area contributed by atoms with E-state index < -0.39 is 0 Å². The van der Waals surface area contributed by atoms with Gasteiger partial charge in [0.2, 0.25) is 0 Å². The van der Waals surface area contributed by atoms with Crippen molar-refractivity contribution in [3.05, 3.63) is 0 Å². The van der Waals surface area contributed by atoms with Gasteiger partial charge < -0.3 is 10.4 Å². The highest BCUT2D eigenvalue weighted by atomic mass is 16.3. The zero-order chi connectivity index (χ0) is 9.35. The van der Waals surface area contributed by atoms with Crippen molar-refractivity contribution in [3.63, 3.8) is 0 Å². The molecule has 0 heterocycles. The van der Waals surface area contributed by atoms with Gasteiger partial charge >= 0.3 is 0 Å². The minimum absolute atomic E-state index is 0.0783. The Kier molecular flexibility index (Phi) is 2.79. The molecular formula is C10H21NO. The van der Waals surface area contributed by atoms with Crippen molar-refractivity contribution in [2.75, 3.05) is 6.54 Å². The molecule has 0 aromatic rings. The molecule has 0 saturated heterocycles. The third kappa shape index (κ3) is 1.80. The van der Waals surface area contributed by atoms with Gasteiger partial charge in [0.15, 0.2) is 0 Å². The molecule has 0 aromatic carbocycles. The van der Waals surface area contributed by atoms with Gasteiger partial charge in [-0.25, -0.2) is 0 Å². The number of nitrogens with one attached hydrogen (secondary N) is 1. The Morgan fingerprint density at radius 3 is 2.42 bits per heavy atom. The SMILES string of the molecule is CC(C)CNC1CC(O)C1(C)C. The van der Waals surface area contributed by atoms with E-state index in [1.807, 2.05) is 0 Å². The Morgan fingerprint density at radius 2 is 2.08 bits per heavy atom. The number of hydrogen-bond donors (Lipinski definition) is 2. The third-order valence-corrected chi connectivity index (χ3v) is 2.99. The van der Waals surface area contributed by atoms with Gasteiger partial charge in [0.25, 0.3) is 0 Å². The van der Waals surface area contributed by atoms with Crippen LogP contribution in [0.1, 0.15) is 34.1 Å². The first-order valence-corrected chi connectivity index (χ1v) is 4.86. The summed E-state index contributed by atoms with van der Waals surface area (Å²) in [5.74, 6) is 0.693. The van der Waals surface area contributed by atoms with Crippen LogP contribution >= 0.6 is 0 Å². The van der Waals surface area contributed by atoms with Crippen molar-refractivity contribution in [2.45, 2.75) is 46.3 Å². The summed E-state index contributed by atoms with van der Waals surface area (Å²) in [6.45, 7) is 9.71. The summed E-state index contributed by atoms with van der Waals surface area (Å²) in [4.78, 5) is 0. The predicted molar refractivity (Wildman–Crippen MR) is 51.0 cm³/mol. The monoisotopic (exact) mass is 171 g/mol. The molecule has 12 heavy (non-hydrogen) atoms. The maximum Gasteiger partial charge on any atom is 0.0621 e. The Bertz CT molecular complexity index is 154. The molecule has 2 unspecified atom stereocenters. The van der Waals surface area contributed by atoms with Gasteiger partial charge in [-0.1, -0.05) is 27.7 Å². The van der Waals surface area contributed by atoms with E-state index in [2.05, 4.69) is 33.0 Å². The van der Waals surface area contributed by atoms with Crippen LogP contribution in [0.15, 0.2) is 0 Å².